The third kappa shape index (κ3) is 3.16. The Balaban J connectivity index is 1.82. The standard InChI is InChI=1S/C15H22N4OS/c1-3-11-6-5-7-18(9-11)10-12-8-14(20)19-15(16-12)21-13(4-2)17-19/h8,11H,3-7,9-10H2,1-2H3/t11-/m0/s1. The highest BCUT2D eigenvalue weighted by Gasteiger charge is 2.19. The molecule has 0 aliphatic carbocycles. The summed E-state index contributed by atoms with van der Waals surface area (Å²) in [7, 11) is 0. The van der Waals surface area contributed by atoms with Gasteiger partial charge in [0.2, 0.25) is 4.96 Å². The van der Waals surface area contributed by atoms with Gasteiger partial charge >= 0.3 is 0 Å². The Labute approximate surface area is 128 Å². The fourth-order valence-corrected chi connectivity index (χ4v) is 3.83. The Hall–Kier alpha value is -1.27. The van der Waals surface area contributed by atoms with Crippen molar-refractivity contribution in [2.45, 2.75) is 46.1 Å². The second-order valence-corrected chi connectivity index (χ2v) is 6.82. The number of aromatic nitrogens is 3. The predicted molar refractivity (Wildman–Crippen MR) is 84.8 cm³/mol. The molecule has 0 unspecified atom stereocenters. The molecule has 6 heteroatoms. The lowest BCUT2D eigenvalue weighted by atomic mass is 9.95. The van der Waals surface area contributed by atoms with Crippen LogP contribution >= 0.6 is 11.3 Å². The van der Waals surface area contributed by atoms with E-state index in [4.69, 9.17) is 0 Å². The van der Waals surface area contributed by atoms with Crippen LogP contribution in [-0.2, 0) is 13.0 Å². The number of aryl methyl sites for hydroxylation is 1. The van der Waals surface area contributed by atoms with Crippen LogP contribution in [0.5, 0.6) is 0 Å². The summed E-state index contributed by atoms with van der Waals surface area (Å²) in [6, 6.07) is 1.64. The second-order valence-electron chi connectivity index (χ2n) is 5.78. The summed E-state index contributed by atoms with van der Waals surface area (Å²) < 4.78 is 1.43. The first-order chi connectivity index (χ1) is 10.2. The fraction of sp³-hybridized carbons (Fsp3) is 0.667. The molecular formula is C15H22N4OS. The van der Waals surface area contributed by atoms with E-state index in [2.05, 4.69) is 21.9 Å². The van der Waals surface area contributed by atoms with Crippen LogP contribution in [0.1, 0.15) is 43.8 Å². The van der Waals surface area contributed by atoms with Crippen LogP contribution in [0.2, 0.25) is 0 Å². The zero-order valence-corrected chi connectivity index (χ0v) is 13.5. The molecule has 0 aromatic carbocycles. The molecule has 2 aromatic heterocycles. The molecule has 3 rings (SSSR count). The van der Waals surface area contributed by atoms with Crippen molar-refractivity contribution in [1.82, 2.24) is 19.5 Å². The van der Waals surface area contributed by atoms with Crippen molar-refractivity contribution in [1.29, 1.82) is 0 Å². The van der Waals surface area contributed by atoms with E-state index in [1.54, 1.807) is 6.07 Å². The summed E-state index contributed by atoms with van der Waals surface area (Å²) in [4.78, 5) is 19.9. The highest BCUT2D eigenvalue weighted by Crippen LogP contribution is 2.20. The van der Waals surface area contributed by atoms with Crippen LogP contribution < -0.4 is 5.56 Å². The molecule has 0 saturated carbocycles. The summed E-state index contributed by atoms with van der Waals surface area (Å²) in [6.07, 6.45) is 4.66. The number of piperidine rings is 1. The minimum atomic E-state index is -0.0602. The first-order valence-electron chi connectivity index (χ1n) is 7.80. The molecule has 1 fully saturated rings. The topological polar surface area (TPSA) is 50.5 Å². The van der Waals surface area contributed by atoms with Crippen molar-refractivity contribution >= 4 is 16.3 Å². The highest BCUT2D eigenvalue weighted by molar-refractivity contribution is 7.16. The van der Waals surface area contributed by atoms with Gasteiger partial charge in [0.05, 0.1) is 5.69 Å². The zero-order chi connectivity index (χ0) is 14.8. The van der Waals surface area contributed by atoms with Crippen molar-refractivity contribution in [3.63, 3.8) is 0 Å². The SMILES string of the molecule is CCc1nn2c(=O)cc(CN3CCC[C@H](CC)C3)nc2s1. The average Bonchev–Trinajstić information content (AvgIpc) is 2.91. The molecule has 21 heavy (non-hydrogen) atoms. The summed E-state index contributed by atoms with van der Waals surface area (Å²) >= 11 is 1.51. The molecule has 0 bridgehead atoms. The quantitative estimate of drug-likeness (QED) is 0.870. The van der Waals surface area contributed by atoms with Crippen molar-refractivity contribution in [2.75, 3.05) is 13.1 Å². The molecule has 5 nitrogen and oxygen atoms in total. The molecule has 1 aliphatic heterocycles. The molecule has 114 valence electrons. The third-order valence-electron chi connectivity index (χ3n) is 4.21. The van der Waals surface area contributed by atoms with Gasteiger partial charge in [-0.3, -0.25) is 9.69 Å². The third-order valence-corrected chi connectivity index (χ3v) is 5.26. The van der Waals surface area contributed by atoms with Crippen molar-refractivity contribution < 1.29 is 0 Å². The van der Waals surface area contributed by atoms with E-state index in [0.717, 1.165) is 47.6 Å². The van der Waals surface area contributed by atoms with Crippen molar-refractivity contribution in [2.24, 2.45) is 5.92 Å². The van der Waals surface area contributed by atoms with Gasteiger partial charge < -0.3 is 0 Å². The fourth-order valence-electron chi connectivity index (χ4n) is 2.98. The van der Waals surface area contributed by atoms with Gasteiger partial charge in [0.1, 0.15) is 5.01 Å². The number of likely N-dealkylation sites (tertiary alicyclic amines) is 1. The van der Waals surface area contributed by atoms with Gasteiger partial charge in [0.15, 0.2) is 0 Å². The molecule has 1 saturated heterocycles. The molecule has 0 radical (unpaired) electrons. The van der Waals surface area contributed by atoms with E-state index in [9.17, 15) is 4.79 Å². The number of fused-ring (bicyclic) bond motifs is 1. The lowest BCUT2D eigenvalue weighted by Crippen LogP contribution is -2.35. The lowest BCUT2D eigenvalue weighted by molar-refractivity contribution is 0.163. The normalized spacial score (nSPS) is 20.2. The maximum Gasteiger partial charge on any atom is 0.275 e. The predicted octanol–water partition coefficient (Wildman–Crippen LogP) is 2.34. The Morgan fingerprint density at radius 1 is 1.43 bits per heavy atom. The van der Waals surface area contributed by atoms with Crippen molar-refractivity contribution in [3.05, 3.63) is 27.1 Å². The summed E-state index contributed by atoms with van der Waals surface area (Å²) in [5, 5.41) is 5.25. The van der Waals surface area contributed by atoms with Crippen LogP contribution in [-0.4, -0.2) is 32.6 Å². The number of hydrogen-bond acceptors (Lipinski definition) is 5. The molecule has 0 N–H and O–H groups in total. The van der Waals surface area contributed by atoms with Gasteiger partial charge in [-0.1, -0.05) is 31.6 Å². The van der Waals surface area contributed by atoms with Gasteiger partial charge in [-0.15, -0.1) is 0 Å². The first kappa shape index (κ1) is 14.7. The highest BCUT2D eigenvalue weighted by atomic mass is 32.1. The molecular weight excluding hydrogens is 284 g/mol. The van der Waals surface area contributed by atoms with E-state index >= 15 is 0 Å². The monoisotopic (exact) mass is 306 g/mol. The van der Waals surface area contributed by atoms with Gasteiger partial charge in [0, 0.05) is 19.2 Å². The molecule has 2 aromatic rings. The Kier molecular flexibility index (Phi) is 4.35. The van der Waals surface area contributed by atoms with Crippen molar-refractivity contribution in [3.8, 4) is 0 Å². The second kappa shape index (κ2) is 6.23. The van der Waals surface area contributed by atoms with Gasteiger partial charge in [-0.25, -0.2) is 4.98 Å². The van der Waals surface area contributed by atoms with Crippen LogP contribution in [0.25, 0.3) is 4.96 Å². The van der Waals surface area contributed by atoms with Gasteiger partial charge in [-0.05, 0) is 31.7 Å². The van der Waals surface area contributed by atoms with E-state index in [1.807, 2.05) is 6.92 Å². The largest absolute Gasteiger partial charge is 0.297 e. The maximum absolute atomic E-state index is 12.1. The van der Waals surface area contributed by atoms with E-state index in [-0.39, 0.29) is 5.56 Å². The Morgan fingerprint density at radius 2 is 2.29 bits per heavy atom. The summed E-state index contributed by atoms with van der Waals surface area (Å²) in [5.74, 6) is 0.790. The Morgan fingerprint density at radius 3 is 3.05 bits per heavy atom. The van der Waals surface area contributed by atoms with E-state index in [0.29, 0.717) is 0 Å². The number of rotatable bonds is 4. The van der Waals surface area contributed by atoms with Crippen LogP contribution in [0.15, 0.2) is 10.9 Å². The van der Waals surface area contributed by atoms with E-state index < -0.39 is 0 Å². The lowest BCUT2D eigenvalue weighted by Gasteiger charge is -2.31. The summed E-state index contributed by atoms with van der Waals surface area (Å²) in [5.41, 5.74) is 0.818. The average molecular weight is 306 g/mol. The molecule has 0 spiro atoms. The van der Waals surface area contributed by atoms with Crippen LogP contribution in [0, 0.1) is 5.92 Å². The summed E-state index contributed by atoms with van der Waals surface area (Å²) in [6.45, 7) is 7.32. The molecule has 1 atom stereocenters. The maximum atomic E-state index is 12.1. The number of nitrogens with zero attached hydrogens (tertiary/aromatic N) is 4. The van der Waals surface area contributed by atoms with Crippen LogP contribution in [0.3, 0.4) is 0 Å². The minimum Gasteiger partial charge on any atom is -0.297 e. The molecule has 3 heterocycles. The smallest absolute Gasteiger partial charge is 0.275 e. The number of hydrogen-bond donors (Lipinski definition) is 0. The van der Waals surface area contributed by atoms with Crippen LogP contribution in [0.4, 0.5) is 0 Å². The van der Waals surface area contributed by atoms with E-state index in [1.165, 1.54) is 35.1 Å². The Bertz CT molecular complexity index is 678. The molecule has 0 amide bonds. The zero-order valence-electron chi connectivity index (χ0n) is 12.7. The molecule has 1 aliphatic rings. The first-order valence-corrected chi connectivity index (χ1v) is 8.62. The minimum absolute atomic E-state index is 0.0602. The van der Waals surface area contributed by atoms with Gasteiger partial charge in [-0.2, -0.15) is 9.61 Å². The van der Waals surface area contributed by atoms with Gasteiger partial charge in [0.25, 0.3) is 5.56 Å².